The van der Waals surface area contributed by atoms with Crippen LogP contribution in [0.15, 0.2) is 29.2 Å². The van der Waals surface area contributed by atoms with Gasteiger partial charge in [0.2, 0.25) is 15.9 Å². The van der Waals surface area contributed by atoms with Crippen LogP contribution in [-0.2, 0) is 14.8 Å². The molecule has 0 aromatic heterocycles. The van der Waals surface area contributed by atoms with Crippen LogP contribution in [0.5, 0.6) is 0 Å². The van der Waals surface area contributed by atoms with E-state index in [1.807, 2.05) is 7.05 Å². The van der Waals surface area contributed by atoms with Crippen molar-refractivity contribution in [2.45, 2.75) is 31.1 Å². The van der Waals surface area contributed by atoms with E-state index >= 15 is 0 Å². The van der Waals surface area contributed by atoms with Gasteiger partial charge in [-0.25, -0.2) is 13.6 Å². The number of hydrogen-bond donors (Lipinski definition) is 2. The summed E-state index contributed by atoms with van der Waals surface area (Å²) < 4.78 is 22.5. The molecule has 0 radical (unpaired) electrons. The zero-order valence-electron chi connectivity index (χ0n) is 12.5. The molecule has 0 aliphatic rings. The van der Waals surface area contributed by atoms with Crippen LogP contribution in [0.1, 0.15) is 26.2 Å². The smallest absolute Gasteiger partial charge is 0.238 e. The zero-order valence-corrected chi connectivity index (χ0v) is 13.3. The lowest BCUT2D eigenvalue weighted by Gasteiger charge is -2.15. The number of nitrogens with two attached hydrogens (primary N) is 1. The first-order valence-electron chi connectivity index (χ1n) is 6.94. The molecule has 21 heavy (non-hydrogen) atoms. The minimum atomic E-state index is -3.76. The number of hydrogen-bond acceptors (Lipinski definition) is 4. The Balaban J connectivity index is 2.52. The van der Waals surface area contributed by atoms with Gasteiger partial charge in [0.1, 0.15) is 0 Å². The summed E-state index contributed by atoms with van der Waals surface area (Å²) in [7, 11) is -1.78. The first-order valence-corrected chi connectivity index (χ1v) is 8.49. The molecule has 0 heterocycles. The van der Waals surface area contributed by atoms with Crippen molar-refractivity contribution in [1.29, 1.82) is 0 Å². The average Bonchev–Trinajstić information content (AvgIpc) is 2.42. The molecule has 3 N–H and O–H groups in total. The highest BCUT2D eigenvalue weighted by molar-refractivity contribution is 7.89. The number of nitrogens with zero attached hydrogens (tertiary/aromatic N) is 1. The second kappa shape index (κ2) is 8.11. The van der Waals surface area contributed by atoms with Gasteiger partial charge in [-0.2, -0.15) is 0 Å². The number of benzene rings is 1. The second-order valence-corrected chi connectivity index (χ2v) is 6.59. The monoisotopic (exact) mass is 313 g/mol. The van der Waals surface area contributed by atoms with E-state index in [9.17, 15) is 13.2 Å². The van der Waals surface area contributed by atoms with E-state index in [1.54, 1.807) is 12.1 Å². The Bertz CT molecular complexity index is 573. The van der Waals surface area contributed by atoms with Gasteiger partial charge in [-0.15, -0.1) is 0 Å². The van der Waals surface area contributed by atoms with Crippen molar-refractivity contribution in [3.05, 3.63) is 24.3 Å². The normalized spacial score (nSPS) is 11.6. The molecule has 1 rings (SSSR count). The third kappa shape index (κ3) is 6.70. The summed E-state index contributed by atoms with van der Waals surface area (Å²) in [6.45, 7) is 3.75. The summed E-state index contributed by atoms with van der Waals surface area (Å²) in [4.78, 5) is 13.9. The fourth-order valence-electron chi connectivity index (χ4n) is 1.81. The Morgan fingerprint density at radius 2 is 2.05 bits per heavy atom. The SMILES string of the molecule is CCCCN(C)CCC(=O)Nc1cccc(S(N)(=O)=O)c1. The maximum Gasteiger partial charge on any atom is 0.238 e. The van der Waals surface area contributed by atoms with E-state index in [4.69, 9.17) is 5.14 Å². The van der Waals surface area contributed by atoms with Gasteiger partial charge in [-0.05, 0) is 38.2 Å². The topological polar surface area (TPSA) is 92.5 Å². The third-order valence-electron chi connectivity index (χ3n) is 3.06. The molecule has 0 fully saturated rings. The van der Waals surface area contributed by atoms with Gasteiger partial charge in [0.25, 0.3) is 0 Å². The molecule has 0 saturated carbocycles. The minimum Gasteiger partial charge on any atom is -0.326 e. The fraction of sp³-hybridized carbons (Fsp3) is 0.500. The van der Waals surface area contributed by atoms with Crippen molar-refractivity contribution in [2.75, 3.05) is 25.5 Å². The zero-order chi connectivity index (χ0) is 15.9. The van der Waals surface area contributed by atoms with E-state index in [0.717, 1.165) is 19.4 Å². The minimum absolute atomic E-state index is 0.0136. The van der Waals surface area contributed by atoms with Crippen LogP contribution < -0.4 is 10.5 Å². The Labute approximate surface area is 126 Å². The molecule has 0 aliphatic carbocycles. The maximum atomic E-state index is 11.8. The van der Waals surface area contributed by atoms with Crippen LogP contribution in [0.2, 0.25) is 0 Å². The number of carbonyl (C=O) groups excluding carboxylic acids is 1. The number of primary sulfonamides is 1. The predicted octanol–water partition coefficient (Wildman–Crippen LogP) is 1.39. The Morgan fingerprint density at radius 1 is 1.33 bits per heavy atom. The van der Waals surface area contributed by atoms with Crippen LogP contribution in [0, 0.1) is 0 Å². The first kappa shape index (κ1) is 17.6. The summed E-state index contributed by atoms with van der Waals surface area (Å²) >= 11 is 0. The third-order valence-corrected chi connectivity index (χ3v) is 3.97. The lowest BCUT2D eigenvalue weighted by Crippen LogP contribution is -2.25. The Morgan fingerprint density at radius 3 is 2.67 bits per heavy atom. The van der Waals surface area contributed by atoms with E-state index in [2.05, 4.69) is 17.1 Å². The Kier molecular flexibility index (Phi) is 6.80. The molecule has 0 aliphatic heterocycles. The quantitative estimate of drug-likeness (QED) is 0.758. The largest absolute Gasteiger partial charge is 0.326 e. The molecule has 7 heteroatoms. The van der Waals surface area contributed by atoms with Gasteiger partial charge >= 0.3 is 0 Å². The number of nitrogens with one attached hydrogen (secondary N) is 1. The van der Waals surface area contributed by atoms with E-state index in [0.29, 0.717) is 18.7 Å². The number of unbranched alkanes of at least 4 members (excludes halogenated alkanes) is 1. The fourth-order valence-corrected chi connectivity index (χ4v) is 2.37. The molecule has 1 aromatic carbocycles. The van der Waals surface area contributed by atoms with Crippen molar-refractivity contribution in [1.82, 2.24) is 4.90 Å². The molecule has 6 nitrogen and oxygen atoms in total. The molecular formula is C14H23N3O3S. The van der Waals surface area contributed by atoms with Crippen LogP contribution in [-0.4, -0.2) is 39.4 Å². The van der Waals surface area contributed by atoms with Crippen molar-refractivity contribution < 1.29 is 13.2 Å². The number of carbonyl (C=O) groups is 1. The van der Waals surface area contributed by atoms with Gasteiger partial charge in [-0.3, -0.25) is 4.79 Å². The lowest BCUT2D eigenvalue weighted by atomic mass is 10.3. The standard InChI is InChI=1S/C14H23N3O3S/c1-3-4-9-17(2)10-8-14(18)16-12-6-5-7-13(11-12)21(15,19)20/h5-7,11H,3-4,8-10H2,1-2H3,(H,16,18)(H2,15,19,20). The number of anilines is 1. The van der Waals surface area contributed by atoms with Crippen LogP contribution in [0.25, 0.3) is 0 Å². The highest BCUT2D eigenvalue weighted by Gasteiger charge is 2.10. The van der Waals surface area contributed by atoms with Gasteiger partial charge in [0.05, 0.1) is 4.90 Å². The molecule has 0 unspecified atom stereocenters. The second-order valence-electron chi connectivity index (χ2n) is 5.03. The number of sulfonamides is 1. The molecule has 0 atom stereocenters. The van der Waals surface area contributed by atoms with Crippen molar-refractivity contribution in [3.63, 3.8) is 0 Å². The van der Waals surface area contributed by atoms with Crippen LogP contribution >= 0.6 is 0 Å². The molecule has 1 aromatic rings. The van der Waals surface area contributed by atoms with Gasteiger partial charge in [0, 0.05) is 18.7 Å². The van der Waals surface area contributed by atoms with Gasteiger partial charge in [-0.1, -0.05) is 19.4 Å². The highest BCUT2D eigenvalue weighted by atomic mass is 32.2. The van der Waals surface area contributed by atoms with Gasteiger partial charge in [0.15, 0.2) is 0 Å². The average molecular weight is 313 g/mol. The molecular weight excluding hydrogens is 290 g/mol. The molecule has 0 bridgehead atoms. The van der Waals surface area contributed by atoms with Crippen molar-refractivity contribution >= 4 is 21.6 Å². The van der Waals surface area contributed by atoms with Crippen molar-refractivity contribution in [3.8, 4) is 0 Å². The molecule has 0 spiro atoms. The summed E-state index contributed by atoms with van der Waals surface area (Å²) in [6, 6.07) is 5.92. The number of amides is 1. The summed E-state index contributed by atoms with van der Waals surface area (Å²) in [5, 5.41) is 7.73. The Hall–Kier alpha value is -1.44. The molecule has 118 valence electrons. The lowest BCUT2D eigenvalue weighted by molar-refractivity contribution is -0.116. The van der Waals surface area contributed by atoms with E-state index in [1.165, 1.54) is 12.1 Å². The molecule has 1 amide bonds. The van der Waals surface area contributed by atoms with E-state index < -0.39 is 10.0 Å². The first-order chi connectivity index (χ1) is 9.82. The predicted molar refractivity (Wildman–Crippen MR) is 83.5 cm³/mol. The van der Waals surface area contributed by atoms with E-state index in [-0.39, 0.29) is 10.8 Å². The summed E-state index contributed by atoms with van der Waals surface area (Å²) in [5.41, 5.74) is 0.433. The summed E-state index contributed by atoms with van der Waals surface area (Å²) in [6.07, 6.45) is 2.59. The van der Waals surface area contributed by atoms with Gasteiger partial charge < -0.3 is 10.2 Å². The van der Waals surface area contributed by atoms with Crippen molar-refractivity contribution in [2.24, 2.45) is 5.14 Å². The molecule has 0 saturated heterocycles. The highest BCUT2D eigenvalue weighted by Crippen LogP contribution is 2.14. The maximum absolute atomic E-state index is 11.8. The summed E-state index contributed by atoms with van der Waals surface area (Å²) in [5.74, 6) is -0.148. The number of rotatable bonds is 8. The van der Waals surface area contributed by atoms with Crippen LogP contribution in [0.3, 0.4) is 0 Å². The van der Waals surface area contributed by atoms with Crippen LogP contribution in [0.4, 0.5) is 5.69 Å².